The molecule has 9 heteroatoms. The maximum Gasteiger partial charge on any atom is 0.337 e. The van der Waals surface area contributed by atoms with Crippen molar-refractivity contribution in [2.24, 2.45) is 11.8 Å². The SMILES string of the molecule is COC(=O)c1cccc(O[C@@H]2C[C@@H]3CN(CCc4csc(C)n4)C[C@@H]3C[C@H]2O)c1.O=CO. The largest absolute Gasteiger partial charge is 0.488 e. The lowest BCUT2D eigenvalue weighted by molar-refractivity contribution is -0.122. The molecule has 0 radical (unpaired) electrons. The molecule has 174 valence electrons. The second-order valence-electron chi connectivity index (χ2n) is 8.21. The van der Waals surface area contributed by atoms with Crippen molar-refractivity contribution in [3.8, 4) is 5.75 Å². The molecule has 0 amide bonds. The molecule has 2 N–H and O–H groups in total. The van der Waals surface area contributed by atoms with Gasteiger partial charge >= 0.3 is 5.97 Å². The zero-order valence-electron chi connectivity index (χ0n) is 18.3. The van der Waals surface area contributed by atoms with Gasteiger partial charge in [-0.15, -0.1) is 11.3 Å². The number of aliphatic hydroxyl groups excluding tert-OH is 1. The summed E-state index contributed by atoms with van der Waals surface area (Å²) in [6.07, 6.45) is 1.84. The Balaban J connectivity index is 0.000000913. The smallest absolute Gasteiger partial charge is 0.337 e. The van der Waals surface area contributed by atoms with Gasteiger partial charge in [0, 0.05) is 31.4 Å². The number of nitrogens with zero attached hydrogens (tertiary/aromatic N) is 2. The zero-order chi connectivity index (χ0) is 23.1. The monoisotopic (exact) mass is 462 g/mol. The van der Waals surface area contributed by atoms with Gasteiger partial charge in [0.1, 0.15) is 11.9 Å². The van der Waals surface area contributed by atoms with Gasteiger partial charge in [0.25, 0.3) is 6.47 Å². The van der Waals surface area contributed by atoms with Crippen LogP contribution in [0.5, 0.6) is 5.75 Å². The van der Waals surface area contributed by atoms with Gasteiger partial charge in [-0.3, -0.25) is 4.79 Å². The van der Waals surface area contributed by atoms with Crippen molar-refractivity contribution < 1.29 is 29.3 Å². The molecule has 0 bridgehead atoms. The van der Waals surface area contributed by atoms with Crippen molar-refractivity contribution in [3.05, 3.63) is 45.9 Å². The molecular weight excluding hydrogens is 432 g/mol. The van der Waals surface area contributed by atoms with Gasteiger partial charge in [-0.05, 0) is 49.8 Å². The molecule has 32 heavy (non-hydrogen) atoms. The lowest BCUT2D eigenvalue weighted by Gasteiger charge is -2.35. The number of methoxy groups -OCH3 is 1. The molecule has 1 aliphatic heterocycles. The number of rotatable bonds is 6. The van der Waals surface area contributed by atoms with E-state index in [4.69, 9.17) is 19.4 Å². The second kappa shape index (κ2) is 11.4. The summed E-state index contributed by atoms with van der Waals surface area (Å²) in [5.41, 5.74) is 1.63. The van der Waals surface area contributed by atoms with E-state index in [0.717, 1.165) is 43.9 Å². The first-order valence-corrected chi connectivity index (χ1v) is 11.6. The lowest BCUT2D eigenvalue weighted by Crippen LogP contribution is -2.42. The molecule has 8 nitrogen and oxygen atoms in total. The molecule has 2 aliphatic rings. The fourth-order valence-electron chi connectivity index (χ4n) is 4.58. The van der Waals surface area contributed by atoms with Crippen molar-refractivity contribution >= 4 is 23.8 Å². The van der Waals surface area contributed by atoms with Crippen molar-refractivity contribution in [1.29, 1.82) is 0 Å². The van der Waals surface area contributed by atoms with Crippen LogP contribution in [-0.4, -0.2) is 71.5 Å². The Morgan fingerprint density at radius 2 is 2.03 bits per heavy atom. The summed E-state index contributed by atoms with van der Waals surface area (Å²) in [6.45, 7) is 4.89. The fraction of sp³-hybridized carbons (Fsp3) is 0.522. The molecule has 1 aliphatic carbocycles. The average molecular weight is 463 g/mol. The van der Waals surface area contributed by atoms with Gasteiger partial charge in [0.2, 0.25) is 0 Å². The van der Waals surface area contributed by atoms with Gasteiger partial charge in [-0.25, -0.2) is 9.78 Å². The molecule has 4 rings (SSSR count). The highest BCUT2D eigenvalue weighted by Gasteiger charge is 2.42. The van der Waals surface area contributed by atoms with E-state index in [0.29, 0.717) is 23.1 Å². The fourth-order valence-corrected chi connectivity index (χ4v) is 5.23. The highest BCUT2D eigenvalue weighted by molar-refractivity contribution is 7.09. The van der Waals surface area contributed by atoms with Gasteiger partial charge in [0.15, 0.2) is 0 Å². The number of hydrogen-bond donors (Lipinski definition) is 2. The van der Waals surface area contributed by atoms with Crippen LogP contribution in [0.2, 0.25) is 0 Å². The van der Waals surface area contributed by atoms with E-state index in [1.54, 1.807) is 29.5 Å². The maximum absolute atomic E-state index is 11.7. The minimum Gasteiger partial charge on any atom is -0.488 e. The number of aliphatic hydroxyl groups is 1. The van der Waals surface area contributed by atoms with Gasteiger partial charge in [0.05, 0.1) is 29.5 Å². The van der Waals surface area contributed by atoms with Crippen LogP contribution in [0.15, 0.2) is 29.6 Å². The number of carbonyl (C=O) groups is 2. The Labute approximate surface area is 191 Å². The Morgan fingerprint density at radius 1 is 1.31 bits per heavy atom. The molecule has 1 aromatic carbocycles. The van der Waals surface area contributed by atoms with E-state index >= 15 is 0 Å². The molecule has 1 saturated heterocycles. The number of fused-ring (bicyclic) bond motifs is 1. The van der Waals surface area contributed by atoms with Crippen LogP contribution in [0.3, 0.4) is 0 Å². The quantitative estimate of drug-likeness (QED) is 0.498. The first-order chi connectivity index (χ1) is 15.4. The van der Waals surface area contributed by atoms with E-state index in [-0.39, 0.29) is 18.5 Å². The van der Waals surface area contributed by atoms with Gasteiger partial charge in [-0.1, -0.05) is 6.07 Å². The molecule has 2 fully saturated rings. The third kappa shape index (κ3) is 6.27. The van der Waals surface area contributed by atoms with Crippen LogP contribution in [0.25, 0.3) is 0 Å². The summed E-state index contributed by atoms with van der Waals surface area (Å²) < 4.78 is 10.9. The molecule has 1 aromatic heterocycles. The summed E-state index contributed by atoms with van der Waals surface area (Å²) in [5, 5.41) is 20.8. The highest BCUT2D eigenvalue weighted by Crippen LogP contribution is 2.38. The van der Waals surface area contributed by atoms with E-state index in [1.807, 2.05) is 13.0 Å². The first kappa shape index (κ1) is 24.2. The molecule has 1 saturated carbocycles. The maximum atomic E-state index is 11.7. The summed E-state index contributed by atoms with van der Waals surface area (Å²) in [6, 6.07) is 6.98. The number of hydrogen-bond acceptors (Lipinski definition) is 8. The predicted octanol–water partition coefficient (Wildman–Crippen LogP) is 2.63. The standard InChI is InChI=1S/C22H28N2O4S.CH2O2/c1-14-23-18(13-29-14)6-7-24-11-16-9-20(25)21(10-17(16)12-24)28-19-5-3-4-15(8-19)22(26)27-2;2-1-3/h3-5,8,13,16-17,20-21,25H,6-7,9-12H2,1-2H3;1H,(H,2,3)/t16-,17+,20+,21+;/m0./s1. The third-order valence-corrected chi connectivity index (χ3v) is 6.88. The summed E-state index contributed by atoms with van der Waals surface area (Å²) in [5.74, 6) is 1.26. The van der Waals surface area contributed by atoms with Crippen LogP contribution in [0, 0.1) is 18.8 Å². The van der Waals surface area contributed by atoms with Crippen LogP contribution in [-0.2, 0) is 16.0 Å². The van der Waals surface area contributed by atoms with E-state index in [1.165, 1.54) is 12.8 Å². The molecule has 4 atom stereocenters. The highest BCUT2D eigenvalue weighted by atomic mass is 32.1. The number of esters is 1. The Morgan fingerprint density at radius 3 is 2.69 bits per heavy atom. The third-order valence-electron chi connectivity index (χ3n) is 6.05. The van der Waals surface area contributed by atoms with Gasteiger partial charge < -0.3 is 24.6 Å². The number of carbonyl (C=O) groups excluding carboxylic acids is 1. The lowest BCUT2D eigenvalue weighted by atomic mass is 9.78. The molecule has 2 heterocycles. The number of carboxylic acid groups (broad SMARTS) is 1. The molecule has 0 spiro atoms. The van der Waals surface area contributed by atoms with Crippen molar-refractivity contribution in [1.82, 2.24) is 9.88 Å². The molecule has 0 unspecified atom stereocenters. The number of benzene rings is 1. The number of ether oxygens (including phenoxy) is 2. The van der Waals surface area contributed by atoms with Crippen LogP contribution in [0.4, 0.5) is 0 Å². The molecule has 2 aromatic rings. The van der Waals surface area contributed by atoms with Crippen molar-refractivity contribution in [3.63, 3.8) is 0 Å². The second-order valence-corrected chi connectivity index (χ2v) is 9.27. The van der Waals surface area contributed by atoms with E-state index < -0.39 is 6.10 Å². The van der Waals surface area contributed by atoms with Crippen LogP contribution >= 0.6 is 11.3 Å². The van der Waals surface area contributed by atoms with Gasteiger partial charge in [-0.2, -0.15) is 0 Å². The van der Waals surface area contributed by atoms with E-state index in [2.05, 4.69) is 15.3 Å². The topological polar surface area (TPSA) is 109 Å². The number of thiazole rings is 1. The van der Waals surface area contributed by atoms with Crippen molar-refractivity contribution in [2.45, 2.75) is 38.4 Å². The zero-order valence-corrected chi connectivity index (χ0v) is 19.2. The van der Waals surface area contributed by atoms with E-state index in [9.17, 15) is 9.90 Å². The normalized spacial score (nSPS) is 24.7. The molecular formula is C23H30N2O6S. The predicted molar refractivity (Wildman–Crippen MR) is 120 cm³/mol. The van der Waals surface area contributed by atoms with Crippen LogP contribution in [0.1, 0.15) is 33.9 Å². The number of aryl methyl sites for hydroxylation is 1. The Hall–Kier alpha value is -2.49. The van der Waals surface area contributed by atoms with Crippen LogP contribution < -0.4 is 4.74 Å². The average Bonchev–Trinajstić information content (AvgIpc) is 3.37. The summed E-state index contributed by atoms with van der Waals surface area (Å²) in [7, 11) is 1.36. The number of likely N-dealkylation sites (tertiary alicyclic amines) is 1. The summed E-state index contributed by atoms with van der Waals surface area (Å²) in [4.78, 5) is 27.2. The summed E-state index contributed by atoms with van der Waals surface area (Å²) >= 11 is 1.70. The Bertz CT molecular complexity index is 904. The first-order valence-electron chi connectivity index (χ1n) is 10.7. The van der Waals surface area contributed by atoms with Crippen molar-refractivity contribution in [2.75, 3.05) is 26.7 Å². The number of aromatic nitrogens is 1. The Kier molecular flexibility index (Phi) is 8.60. The minimum atomic E-state index is -0.487. The minimum absolute atomic E-state index is 0.245.